The Kier molecular flexibility index (Phi) is 4.67. The molecule has 0 radical (unpaired) electrons. The number of carboxylic acid groups (broad SMARTS) is 1. The van der Waals surface area contributed by atoms with Crippen molar-refractivity contribution in [3.63, 3.8) is 0 Å². The fourth-order valence-corrected chi connectivity index (χ4v) is 2.76. The average molecular weight is 340 g/mol. The van der Waals surface area contributed by atoms with Crippen LogP contribution in [0.25, 0.3) is 22.5 Å². The van der Waals surface area contributed by atoms with E-state index in [-0.39, 0.29) is 6.42 Å². The van der Waals surface area contributed by atoms with Crippen LogP contribution >= 0.6 is 0 Å². The number of rotatable bonds is 6. The Morgan fingerprint density at radius 3 is 2.60 bits per heavy atom. The third kappa shape index (κ3) is 3.32. The van der Waals surface area contributed by atoms with Crippen LogP contribution in [0.3, 0.4) is 0 Å². The summed E-state index contributed by atoms with van der Waals surface area (Å²) in [7, 11) is 1.87. The molecule has 0 fully saturated rings. The van der Waals surface area contributed by atoms with Crippen molar-refractivity contribution in [3.05, 3.63) is 48.5 Å². The third-order valence-corrected chi connectivity index (χ3v) is 4.30. The number of aryl methyl sites for hydroxylation is 2. The number of benzene rings is 1. The van der Waals surface area contributed by atoms with Gasteiger partial charge in [0.05, 0.1) is 23.9 Å². The highest BCUT2D eigenvalue weighted by atomic mass is 16.4. The lowest BCUT2D eigenvalue weighted by Gasteiger charge is -2.11. The second-order valence-corrected chi connectivity index (χ2v) is 5.91. The van der Waals surface area contributed by atoms with Gasteiger partial charge >= 0.3 is 5.97 Å². The lowest BCUT2D eigenvalue weighted by molar-refractivity contribution is -0.147. The van der Waals surface area contributed by atoms with Crippen molar-refractivity contribution in [2.24, 2.45) is 7.05 Å². The summed E-state index contributed by atoms with van der Waals surface area (Å²) in [5, 5.41) is 22.8. The molecule has 0 unspecified atom stereocenters. The van der Waals surface area contributed by atoms with Crippen LogP contribution in [-0.4, -0.2) is 41.6 Å². The smallest absolute Gasteiger partial charge is 0.332 e. The van der Waals surface area contributed by atoms with Gasteiger partial charge in [0.25, 0.3) is 0 Å². The van der Waals surface area contributed by atoms with E-state index in [1.165, 1.54) is 0 Å². The van der Waals surface area contributed by atoms with Crippen molar-refractivity contribution in [1.82, 2.24) is 19.3 Å². The third-order valence-electron chi connectivity index (χ3n) is 4.30. The number of carbonyl (C=O) groups is 1. The number of hydrogen-bond acceptors (Lipinski definition) is 4. The number of aliphatic hydroxyl groups excluding tert-OH is 1. The highest BCUT2D eigenvalue weighted by molar-refractivity contribution is 5.79. The molecule has 0 bridgehead atoms. The van der Waals surface area contributed by atoms with Crippen molar-refractivity contribution < 1.29 is 15.0 Å². The molecule has 25 heavy (non-hydrogen) atoms. The first kappa shape index (κ1) is 16.9. The normalized spacial score (nSPS) is 12.3. The van der Waals surface area contributed by atoms with E-state index in [1.54, 1.807) is 17.2 Å². The van der Waals surface area contributed by atoms with Gasteiger partial charge < -0.3 is 14.8 Å². The molecular weight excluding hydrogens is 320 g/mol. The second kappa shape index (κ2) is 6.90. The van der Waals surface area contributed by atoms with Crippen molar-refractivity contribution in [2.45, 2.75) is 26.0 Å². The van der Waals surface area contributed by atoms with E-state index in [4.69, 9.17) is 5.11 Å². The number of aliphatic hydroxyl groups is 1. The molecule has 2 heterocycles. The lowest BCUT2D eigenvalue weighted by atomic mass is 10.1. The van der Waals surface area contributed by atoms with Gasteiger partial charge in [-0.2, -0.15) is 5.10 Å². The highest BCUT2D eigenvalue weighted by Gasteiger charge is 2.20. The van der Waals surface area contributed by atoms with Gasteiger partial charge in [0.1, 0.15) is 0 Å². The molecule has 1 atom stereocenters. The zero-order chi connectivity index (χ0) is 18.0. The van der Waals surface area contributed by atoms with E-state index < -0.39 is 12.1 Å². The molecule has 7 nitrogen and oxygen atoms in total. The fraction of sp³-hybridized carbons (Fsp3) is 0.278. The molecule has 0 aliphatic rings. The number of nitrogens with zero attached hydrogens (tertiary/aromatic N) is 4. The molecular formula is C18H20N4O3. The number of aliphatic carboxylic acids is 1. The minimum Gasteiger partial charge on any atom is -0.479 e. The van der Waals surface area contributed by atoms with Gasteiger partial charge in [0, 0.05) is 36.8 Å². The number of carboxylic acids is 1. The standard InChI is InChI=1S/C18H20N4O3/c1-12-14(10-20-21(12)2)17-16(13-6-4-3-5-7-13)19-11-22(17)9-8-15(23)18(24)25/h3-7,10-11,15,23H,8-9H2,1-2H3,(H,24,25)/t15-/m0/s1. The van der Waals surface area contributed by atoms with Crippen LogP contribution in [0.1, 0.15) is 12.1 Å². The Morgan fingerprint density at radius 2 is 2.00 bits per heavy atom. The molecule has 0 amide bonds. The van der Waals surface area contributed by atoms with Crippen molar-refractivity contribution in [1.29, 1.82) is 0 Å². The maximum atomic E-state index is 10.9. The summed E-state index contributed by atoms with van der Waals surface area (Å²) in [6.07, 6.45) is 2.17. The predicted octanol–water partition coefficient (Wildman–Crippen LogP) is 2.09. The van der Waals surface area contributed by atoms with Crippen LogP contribution in [0.15, 0.2) is 42.9 Å². The molecule has 2 aromatic heterocycles. The van der Waals surface area contributed by atoms with E-state index in [9.17, 15) is 9.90 Å². The van der Waals surface area contributed by atoms with Gasteiger partial charge in [0.15, 0.2) is 6.10 Å². The Morgan fingerprint density at radius 1 is 1.28 bits per heavy atom. The van der Waals surface area contributed by atoms with Gasteiger partial charge in [-0.05, 0) is 6.92 Å². The van der Waals surface area contributed by atoms with Crippen molar-refractivity contribution >= 4 is 5.97 Å². The van der Waals surface area contributed by atoms with Gasteiger partial charge in [0.2, 0.25) is 0 Å². The summed E-state index contributed by atoms with van der Waals surface area (Å²) in [5.74, 6) is -1.22. The quantitative estimate of drug-likeness (QED) is 0.717. The van der Waals surface area contributed by atoms with Crippen molar-refractivity contribution in [3.8, 4) is 22.5 Å². The van der Waals surface area contributed by atoms with E-state index in [2.05, 4.69) is 10.1 Å². The van der Waals surface area contributed by atoms with E-state index >= 15 is 0 Å². The molecule has 3 rings (SSSR count). The van der Waals surface area contributed by atoms with Crippen LogP contribution < -0.4 is 0 Å². The Balaban J connectivity index is 2.06. The molecule has 0 aliphatic heterocycles. The van der Waals surface area contributed by atoms with Crippen LogP contribution in [0.2, 0.25) is 0 Å². The van der Waals surface area contributed by atoms with E-state index in [1.807, 2.05) is 48.9 Å². The molecule has 130 valence electrons. The molecule has 0 saturated heterocycles. The fourth-order valence-electron chi connectivity index (χ4n) is 2.76. The number of hydrogen-bond donors (Lipinski definition) is 2. The molecule has 0 saturated carbocycles. The van der Waals surface area contributed by atoms with Crippen LogP contribution in [-0.2, 0) is 18.4 Å². The summed E-state index contributed by atoms with van der Waals surface area (Å²) in [6.45, 7) is 2.32. The predicted molar refractivity (Wildman–Crippen MR) is 92.9 cm³/mol. The largest absolute Gasteiger partial charge is 0.479 e. The van der Waals surface area contributed by atoms with Gasteiger partial charge in [-0.25, -0.2) is 9.78 Å². The van der Waals surface area contributed by atoms with Crippen LogP contribution in [0.5, 0.6) is 0 Å². The maximum absolute atomic E-state index is 10.9. The Bertz CT molecular complexity index is 883. The Hall–Kier alpha value is -2.93. The first-order valence-corrected chi connectivity index (χ1v) is 7.99. The molecule has 7 heteroatoms. The minimum atomic E-state index is -1.40. The van der Waals surface area contributed by atoms with Gasteiger partial charge in [-0.1, -0.05) is 30.3 Å². The van der Waals surface area contributed by atoms with Gasteiger partial charge in [-0.3, -0.25) is 4.68 Å². The van der Waals surface area contributed by atoms with E-state index in [0.717, 1.165) is 28.2 Å². The van der Waals surface area contributed by atoms with Crippen LogP contribution in [0, 0.1) is 6.92 Å². The summed E-state index contributed by atoms with van der Waals surface area (Å²) in [6, 6.07) is 9.80. The molecule has 3 aromatic rings. The van der Waals surface area contributed by atoms with Gasteiger partial charge in [-0.15, -0.1) is 0 Å². The molecule has 0 aliphatic carbocycles. The summed E-state index contributed by atoms with van der Waals surface area (Å²) in [5.41, 5.74) is 4.57. The summed E-state index contributed by atoms with van der Waals surface area (Å²) < 4.78 is 3.66. The summed E-state index contributed by atoms with van der Waals surface area (Å²) in [4.78, 5) is 15.4. The molecule has 1 aromatic carbocycles. The molecule has 2 N–H and O–H groups in total. The molecule has 0 spiro atoms. The summed E-state index contributed by atoms with van der Waals surface area (Å²) >= 11 is 0. The monoisotopic (exact) mass is 340 g/mol. The average Bonchev–Trinajstić information content (AvgIpc) is 3.17. The highest BCUT2D eigenvalue weighted by Crippen LogP contribution is 2.33. The zero-order valence-corrected chi connectivity index (χ0v) is 14.1. The second-order valence-electron chi connectivity index (χ2n) is 5.91. The first-order valence-electron chi connectivity index (χ1n) is 7.99. The van der Waals surface area contributed by atoms with Crippen LogP contribution in [0.4, 0.5) is 0 Å². The zero-order valence-electron chi connectivity index (χ0n) is 14.1. The first-order chi connectivity index (χ1) is 12.0. The number of imidazole rings is 1. The SMILES string of the molecule is Cc1c(-c2c(-c3ccccc3)ncn2CC[C@H](O)C(=O)O)cnn1C. The minimum absolute atomic E-state index is 0.103. The topological polar surface area (TPSA) is 93.2 Å². The van der Waals surface area contributed by atoms with Crippen molar-refractivity contribution in [2.75, 3.05) is 0 Å². The Labute approximate surface area is 145 Å². The maximum Gasteiger partial charge on any atom is 0.332 e. The van der Waals surface area contributed by atoms with E-state index in [0.29, 0.717) is 6.54 Å². The lowest BCUT2D eigenvalue weighted by Crippen LogP contribution is -2.21. The number of aromatic nitrogens is 4.